The molecule has 0 bridgehead atoms. The molecule has 0 saturated carbocycles. The molecule has 1 aliphatic rings. The highest BCUT2D eigenvalue weighted by atomic mass is 79.9. The minimum Gasteiger partial charge on any atom is -0.481 e. The second kappa shape index (κ2) is 6.25. The fourth-order valence-electron chi connectivity index (χ4n) is 2.67. The monoisotopic (exact) mass is 345 g/mol. The van der Waals surface area contributed by atoms with E-state index < -0.39 is 5.97 Å². The Labute approximate surface area is 126 Å². The van der Waals surface area contributed by atoms with Crippen LogP contribution in [0.1, 0.15) is 18.9 Å². The van der Waals surface area contributed by atoms with E-state index in [1.807, 2.05) is 18.2 Å². The molecular weight excluding hydrogens is 330 g/mol. The average molecular weight is 347 g/mol. The molecule has 2 unspecified atom stereocenters. The van der Waals surface area contributed by atoms with Crippen LogP contribution in [0, 0.1) is 11.8 Å². The summed E-state index contributed by atoms with van der Waals surface area (Å²) in [5, 5.41) is 9.86. The number of halogens is 2. The first kappa shape index (κ1) is 14.8. The van der Waals surface area contributed by atoms with E-state index in [1.54, 1.807) is 0 Å². The van der Waals surface area contributed by atoms with Crippen LogP contribution >= 0.6 is 27.5 Å². The standard InChI is InChI=1S/C14H17BrClNO2/c1-9-4-11(14(18)19)8-17(6-9)7-10-2-3-12(15)13(16)5-10/h2-3,5,9,11H,4,6-8H2,1H3,(H,18,19). The van der Waals surface area contributed by atoms with Crippen molar-refractivity contribution in [3.8, 4) is 0 Å². The van der Waals surface area contributed by atoms with E-state index in [0.29, 0.717) is 17.5 Å². The largest absolute Gasteiger partial charge is 0.481 e. The highest BCUT2D eigenvalue weighted by Crippen LogP contribution is 2.26. The Hall–Kier alpha value is -0.580. The Morgan fingerprint density at radius 3 is 2.89 bits per heavy atom. The van der Waals surface area contributed by atoms with Gasteiger partial charge in [-0.2, -0.15) is 0 Å². The Morgan fingerprint density at radius 2 is 2.26 bits per heavy atom. The number of nitrogens with zero attached hydrogens (tertiary/aromatic N) is 1. The van der Waals surface area contributed by atoms with Crippen molar-refractivity contribution in [3.05, 3.63) is 33.3 Å². The van der Waals surface area contributed by atoms with E-state index in [0.717, 1.165) is 29.5 Å². The van der Waals surface area contributed by atoms with E-state index in [9.17, 15) is 4.79 Å². The van der Waals surface area contributed by atoms with Crippen molar-refractivity contribution in [1.29, 1.82) is 0 Å². The lowest BCUT2D eigenvalue weighted by atomic mass is 9.90. The highest BCUT2D eigenvalue weighted by molar-refractivity contribution is 9.10. The zero-order chi connectivity index (χ0) is 14.0. The van der Waals surface area contributed by atoms with Gasteiger partial charge in [-0.15, -0.1) is 0 Å². The van der Waals surface area contributed by atoms with Crippen LogP contribution in [0.2, 0.25) is 5.02 Å². The molecule has 0 aliphatic carbocycles. The molecule has 0 spiro atoms. The van der Waals surface area contributed by atoms with Gasteiger partial charge < -0.3 is 5.11 Å². The summed E-state index contributed by atoms with van der Waals surface area (Å²) in [5.74, 6) is -0.527. The van der Waals surface area contributed by atoms with Crippen molar-refractivity contribution >= 4 is 33.5 Å². The van der Waals surface area contributed by atoms with Crippen LogP contribution < -0.4 is 0 Å². The van der Waals surface area contributed by atoms with Crippen LogP contribution in [-0.4, -0.2) is 29.1 Å². The number of carboxylic acid groups (broad SMARTS) is 1. The summed E-state index contributed by atoms with van der Waals surface area (Å²) < 4.78 is 0.883. The summed E-state index contributed by atoms with van der Waals surface area (Å²) in [4.78, 5) is 13.3. The van der Waals surface area contributed by atoms with Crippen LogP contribution in [0.5, 0.6) is 0 Å². The second-order valence-corrected chi connectivity index (χ2v) is 6.58. The maximum Gasteiger partial charge on any atom is 0.307 e. The molecule has 2 atom stereocenters. The highest BCUT2D eigenvalue weighted by Gasteiger charge is 2.29. The Morgan fingerprint density at radius 1 is 1.53 bits per heavy atom. The predicted molar refractivity (Wildman–Crippen MR) is 79.3 cm³/mol. The fraction of sp³-hybridized carbons (Fsp3) is 0.500. The third-order valence-corrected chi connectivity index (χ3v) is 4.71. The second-order valence-electron chi connectivity index (χ2n) is 5.32. The van der Waals surface area contributed by atoms with Crippen LogP contribution in [0.15, 0.2) is 22.7 Å². The van der Waals surface area contributed by atoms with Gasteiger partial charge in [0.1, 0.15) is 0 Å². The summed E-state index contributed by atoms with van der Waals surface area (Å²) in [6, 6.07) is 5.88. The van der Waals surface area contributed by atoms with Gasteiger partial charge in [0.25, 0.3) is 0 Å². The lowest BCUT2D eigenvalue weighted by Gasteiger charge is -2.34. The maximum atomic E-state index is 11.1. The minimum atomic E-state index is -0.689. The number of piperidine rings is 1. The van der Waals surface area contributed by atoms with Crippen molar-refractivity contribution in [2.24, 2.45) is 11.8 Å². The molecule has 104 valence electrons. The smallest absolute Gasteiger partial charge is 0.307 e. The number of rotatable bonds is 3. The number of aliphatic carboxylic acids is 1. The zero-order valence-corrected chi connectivity index (χ0v) is 13.1. The molecule has 0 aromatic heterocycles. The Kier molecular flexibility index (Phi) is 4.87. The molecule has 0 radical (unpaired) electrons. The van der Waals surface area contributed by atoms with Gasteiger partial charge in [0.05, 0.1) is 10.9 Å². The number of hydrogen-bond donors (Lipinski definition) is 1. The van der Waals surface area contributed by atoms with Crippen LogP contribution in [0.25, 0.3) is 0 Å². The summed E-state index contributed by atoms with van der Waals surface area (Å²) in [6.07, 6.45) is 0.771. The lowest BCUT2D eigenvalue weighted by molar-refractivity contribution is -0.144. The molecule has 2 rings (SSSR count). The molecule has 3 nitrogen and oxygen atoms in total. The van der Waals surface area contributed by atoms with Gasteiger partial charge in [0, 0.05) is 24.1 Å². The van der Waals surface area contributed by atoms with E-state index in [1.165, 1.54) is 0 Å². The van der Waals surface area contributed by atoms with Crippen molar-refractivity contribution < 1.29 is 9.90 Å². The molecule has 1 heterocycles. The molecule has 19 heavy (non-hydrogen) atoms. The molecule has 5 heteroatoms. The van der Waals surface area contributed by atoms with Gasteiger partial charge in [-0.1, -0.05) is 24.6 Å². The summed E-state index contributed by atoms with van der Waals surface area (Å²) in [5.41, 5.74) is 1.12. The molecule has 1 aromatic rings. The molecule has 1 fully saturated rings. The van der Waals surface area contributed by atoms with Gasteiger partial charge >= 0.3 is 5.97 Å². The normalized spacial score (nSPS) is 24.4. The lowest BCUT2D eigenvalue weighted by Crippen LogP contribution is -2.41. The number of likely N-dealkylation sites (tertiary alicyclic amines) is 1. The maximum absolute atomic E-state index is 11.1. The first-order valence-electron chi connectivity index (χ1n) is 6.34. The summed E-state index contributed by atoms with van der Waals surface area (Å²) in [6.45, 7) is 4.42. The Bertz CT molecular complexity index is 481. The number of carboxylic acids is 1. The van der Waals surface area contributed by atoms with E-state index in [2.05, 4.69) is 27.8 Å². The van der Waals surface area contributed by atoms with Gasteiger partial charge in [-0.3, -0.25) is 9.69 Å². The molecule has 0 amide bonds. The SMILES string of the molecule is CC1CC(C(=O)O)CN(Cc2ccc(Br)c(Cl)c2)C1. The molecular formula is C14H17BrClNO2. The van der Waals surface area contributed by atoms with Crippen molar-refractivity contribution in [2.45, 2.75) is 19.9 Å². The van der Waals surface area contributed by atoms with E-state index >= 15 is 0 Å². The van der Waals surface area contributed by atoms with Crippen molar-refractivity contribution in [1.82, 2.24) is 4.90 Å². The van der Waals surface area contributed by atoms with Gasteiger partial charge in [-0.05, 0) is 46.0 Å². The average Bonchev–Trinajstić information content (AvgIpc) is 2.33. The topological polar surface area (TPSA) is 40.5 Å². The van der Waals surface area contributed by atoms with Gasteiger partial charge in [0.15, 0.2) is 0 Å². The van der Waals surface area contributed by atoms with Gasteiger partial charge in [0.2, 0.25) is 0 Å². The predicted octanol–water partition coefficient (Wildman–Crippen LogP) is 3.65. The molecule has 1 aliphatic heterocycles. The van der Waals surface area contributed by atoms with Gasteiger partial charge in [-0.25, -0.2) is 0 Å². The van der Waals surface area contributed by atoms with Crippen LogP contribution in [0.3, 0.4) is 0 Å². The third-order valence-electron chi connectivity index (χ3n) is 3.47. The minimum absolute atomic E-state index is 0.255. The summed E-state index contributed by atoms with van der Waals surface area (Å²) in [7, 11) is 0. The fourth-order valence-corrected chi connectivity index (χ4v) is 3.12. The zero-order valence-electron chi connectivity index (χ0n) is 10.8. The van der Waals surface area contributed by atoms with Crippen molar-refractivity contribution in [2.75, 3.05) is 13.1 Å². The molecule has 1 N–H and O–H groups in total. The number of benzene rings is 1. The number of hydrogen-bond acceptors (Lipinski definition) is 2. The summed E-state index contributed by atoms with van der Waals surface area (Å²) >= 11 is 9.45. The molecule has 1 aromatic carbocycles. The van der Waals surface area contributed by atoms with E-state index in [-0.39, 0.29) is 5.92 Å². The van der Waals surface area contributed by atoms with Crippen molar-refractivity contribution in [3.63, 3.8) is 0 Å². The molecule has 1 saturated heterocycles. The first-order valence-corrected chi connectivity index (χ1v) is 7.52. The first-order chi connectivity index (χ1) is 8.95. The van der Waals surface area contributed by atoms with Crippen LogP contribution in [0.4, 0.5) is 0 Å². The third kappa shape index (κ3) is 3.94. The van der Waals surface area contributed by atoms with E-state index in [4.69, 9.17) is 16.7 Å². The Balaban J connectivity index is 2.05. The quantitative estimate of drug-likeness (QED) is 0.908. The number of carbonyl (C=O) groups is 1. The van der Waals surface area contributed by atoms with Crippen LogP contribution in [-0.2, 0) is 11.3 Å².